The van der Waals surface area contributed by atoms with Crippen molar-refractivity contribution in [3.05, 3.63) is 23.8 Å². The smallest absolute Gasteiger partial charge is 0.387 e. The van der Waals surface area contributed by atoms with Crippen LogP contribution in [-0.4, -0.2) is 43.6 Å². The average molecular weight is 299 g/mol. The van der Waals surface area contributed by atoms with Gasteiger partial charge in [0.2, 0.25) is 0 Å². The van der Waals surface area contributed by atoms with Crippen molar-refractivity contribution in [1.29, 1.82) is 0 Å². The highest BCUT2D eigenvalue weighted by atomic mass is 19.3. The lowest BCUT2D eigenvalue weighted by atomic mass is 10.0. The zero-order chi connectivity index (χ0) is 15.4. The number of carbonyl (C=O) groups excluding carboxylic acids is 1. The molecular weight excluding hydrogens is 280 g/mol. The highest BCUT2D eigenvalue weighted by Crippen LogP contribution is 2.24. The van der Waals surface area contributed by atoms with Crippen molar-refractivity contribution in [1.82, 2.24) is 10.2 Å². The predicted molar refractivity (Wildman–Crippen MR) is 75.5 cm³/mol. The SMILES string of the molecule is CN1CCC(NC(=O)c2ccc(N)c(OC(F)F)c2)CC1. The fourth-order valence-electron chi connectivity index (χ4n) is 2.30. The molecule has 5 nitrogen and oxygen atoms in total. The van der Waals surface area contributed by atoms with Gasteiger partial charge in [-0.05, 0) is 51.2 Å². The van der Waals surface area contributed by atoms with Gasteiger partial charge in [-0.1, -0.05) is 0 Å². The second-order valence-electron chi connectivity index (χ2n) is 5.18. The van der Waals surface area contributed by atoms with E-state index in [2.05, 4.69) is 15.0 Å². The molecule has 7 heteroatoms. The molecular formula is C14H19F2N3O2. The van der Waals surface area contributed by atoms with Crippen LogP contribution in [0.1, 0.15) is 23.2 Å². The largest absolute Gasteiger partial charge is 0.433 e. The number of likely N-dealkylation sites (tertiary alicyclic amines) is 1. The average Bonchev–Trinajstić information content (AvgIpc) is 2.43. The Morgan fingerprint density at radius 2 is 2.10 bits per heavy atom. The van der Waals surface area contributed by atoms with Crippen LogP contribution in [0.15, 0.2) is 18.2 Å². The van der Waals surface area contributed by atoms with Crippen molar-refractivity contribution >= 4 is 11.6 Å². The Labute approximate surface area is 122 Å². The highest BCUT2D eigenvalue weighted by molar-refractivity contribution is 5.95. The van der Waals surface area contributed by atoms with Crippen molar-refractivity contribution in [2.24, 2.45) is 0 Å². The molecule has 1 fully saturated rings. The number of piperidine rings is 1. The Balaban J connectivity index is 2.02. The first-order valence-electron chi connectivity index (χ1n) is 6.79. The number of benzene rings is 1. The van der Waals surface area contributed by atoms with Gasteiger partial charge in [0.1, 0.15) is 5.75 Å². The van der Waals surface area contributed by atoms with E-state index in [9.17, 15) is 13.6 Å². The number of amides is 1. The minimum Gasteiger partial charge on any atom is -0.433 e. The summed E-state index contributed by atoms with van der Waals surface area (Å²) in [5.74, 6) is -0.482. The number of halogens is 2. The zero-order valence-electron chi connectivity index (χ0n) is 11.8. The molecule has 0 spiro atoms. The van der Waals surface area contributed by atoms with Crippen LogP contribution in [0.5, 0.6) is 5.75 Å². The summed E-state index contributed by atoms with van der Waals surface area (Å²) in [7, 11) is 2.03. The van der Waals surface area contributed by atoms with E-state index >= 15 is 0 Å². The Kier molecular flexibility index (Phi) is 4.95. The molecule has 1 saturated heterocycles. The van der Waals surface area contributed by atoms with Crippen LogP contribution in [-0.2, 0) is 0 Å². The first-order valence-corrected chi connectivity index (χ1v) is 6.79. The van der Waals surface area contributed by atoms with Gasteiger partial charge in [0, 0.05) is 11.6 Å². The maximum atomic E-state index is 12.3. The molecule has 1 aliphatic rings. The third-order valence-corrected chi connectivity index (χ3v) is 3.55. The molecule has 3 N–H and O–H groups in total. The number of anilines is 1. The molecule has 0 atom stereocenters. The minimum atomic E-state index is -2.97. The summed E-state index contributed by atoms with van der Waals surface area (Å²) in [4.78, 5) is 14.3. The van der Waals surface area contributed by atoms with Gasteiger partial charge in [0.15, 0.2) is 0 Å². The second kappa shape index (κ2) is 6.71. The van der Waals surface area contributed by atoms with Crippen LogP contribution >= 0.6 is 0 Å². The minimum absolute atomic E-state index is 0.0751. The third kappa shape index (κ3) is 4.29. The van der Waals surface area contributed by atoms with Gasteiger partial charge in [-0.25, -0.2) is 0 Å². The number of carbonyl (C=O) groups is 1. The van der Waals surface area contributed by atoms with Gasteiger partial charge < -0.3 is 20.7 Å². The topological polar surface area (TPSA) is 67.6 Å². The van der Waals surface area contributed by atoms with Crippen molar-refractivity contribution in [3.63, 3.8) is 0 Å². The van der Waals surface area contributed by atoms with Crippen LogP contribution in [0, 0.1) is 0 Å². The first kappa shape index (κ1) is 15.5. The lowest BCUT2D eigenvalue weighted by Crippen LogP contribution is -2.43. The molecule has 0 bridgehead atoms. The summed E-state index contributed by atoms with van der Waals surface area (Å²) in [6, 6.07) is 4.23. The number of nitrogens with zero attached hydrogens (tertiary/aromatic N) is 1. The molecule has 0 saturated carbocycles. The molecule has 2 rings (SSSR count). The summed E-state index contributed by atoms with van der Waals surface area (Å²) in [5, 5.41) is 2.91. The number of alkyl halides is 2. The van der Waals surface area contributed by atoms with Crippen LogP contribution in [0.3, 0.4) is 0 Å². The van der Waals surface area contributed by atoms with Gasteiger partial charge in [-0.3, -0.25) is 4.79 Å². The van der Waals surface area contributed by atoms with Crippen molar-refractivity contribution in [2.75, 3.05) is 25.9 Å². The van der Waals surface area contributed by atoms with Gasteiger partial charge in [0.25, 0.3) is 5.91 Å². The Morgan fingerprint density at radius 1 is 1.43 bits per heavy atom. The van der Waals surface area contributed by atoms with Crippen molar-refractivity contribution in [3.8, 4) is 5.75 Å². The van der Waals surface area contributed by atoms with Crippen molar-refractivity contribution < 1.29 is 18.3 Å². The molecule has 0 aromatic heterocycles. The lowest BCUT2D eigenvalue weighted by Gasteiger charge is -2.29. The molecule has 1 heterocycles. The summed E-state index contributed by atoms with van der Waals surface area (Å²) in [6.45, 7) is -1.13. The molecule has 116 valence electrons. The summed E-state index contributed by atoms with van der Waals surface area (Å²) >= 11 is 0. The fraction of sp³-hybridized carbons (Fsp3) is 0.500. The van der Waals surface area contributed by atoms with Gasteiger partial charge in [-0.15, -0.1) is 0 Å². The number of rotatable bonds is 4. The van der Waals surface area contributed by atoms with Gasteiger partial charge in [0.05, 0.1) is 5.69 Å². The maximum absolute atomic E-state index is 12.3. The highest BCUT2D eigenvalue weighted by Gasteiger charge is 2.20. The van der Waals surface area contributed by atoms with E-state index in [1.54, 1.807) is 0 Å². The molecule has 1 aromatic rings. The van der Waals surface area contributed by atoms with Crippen LogP contribution in [0.25, 0.3) is 0 Å². The molecule has 21 heavy (non-hydrogen) atoms. The van der Waals surface area contributed by atoms with E-state index in [4.69, 9.17) is 5.73 Å². The monoisotopic (exact) mass is 299 g/mol. The number of ether oxygens (including phenoxy) is 1. The Bertz CT molecular complexity index is 503. The summed E-state index contributed by atoms with van der Waals surface area (Å²) in [6.07, 6.45) is 1.75. The van der Waals surface area contributed by atoms with E-state index in [1.807, 2.05) is 7.05 Å². The van der Waals surface area contributed by atoms with E-state index in [1.165, 1.54) is 18.2 Å². The zero-order valence-corrected chi connectivity index (χ0v) is 11.8. The van der Waals surface area contributed by atoms with Crippen molar-refractivity contribution in [2.45, 2.75) is 25.5 Å². The Morgan fingerprint density at radius 3 is 2.71 bits per heavy atom. The third-order valence-electron chi connectivity index (χ3n) is 3.55. The van der Waals surface area contributed by atoms with Crippen LogP contribution < -0.4 is 15.8 Å². The summed E-state index contributed by atoms with van der Waals surface area (Å²) < 4.78 is 28.8. The first-order chi connectivity index (χ1) is 9.95. The number of nitrogen functional groups attached to an aromatic ring is 1. The number of nitrogens with two attached hydrogens (primary N) is 1. The lowest BCUT2D eigenvalue weighted by molar-refractivity contribution is -0.0493. The molecule has 0 unspecified atom stereocenters. The summed E-state index contributed by atoms with van der Waals surface area (Å²) in [5.41, 5.74) is 5.88. The maximum Gasteiger partial charge on any atom is 0.387 e. The normalized spacial score (nSPS) is 17.0. The molecule has 0 aliphatic carbocycles. The standard InChI is InChI=1S/C14H19F2N3O2/c1-19-6-4-10(5-7-19)18-13(20)9-2-3-11(17)12(8-9)21-14(15)16/h2-3,8,10,14H,4-7,17H2,1H3,(H,18,20). The second-order valence-corrected chi connectivity index (χ2v) is 5.18. The number of hydrogen-bond acceptors (Lipinski definition) is 4. The van der Waals surface area contributed by atoms with E-state index in [0.29, 0.717) is 0 Å². The molecule has 1 aromatic carbocycles. The van der Waals surface area contributed by atoms with E-state index < -0.39 is 6.61 Å². The van der Waals surface area contributed by atoms with Crippen LogP contribution in [0.2, 0.25) is 0 Å². The number of nitrogens with one attached hydrogen (secondary N) is 1. The quantitative estimate of drug-likeness (QED) is 0.830. The van der Waals surface area contributed by atoms with Gasteiger partial charge >= 0.3 is 6.61 Å². The predicted octanol–water partition coefficient (Wildman–Crippen LogP) is 1.69. The molecule has 0 radical (unpaired) electrons. The Hall–Kier alpha value is -1.89. The van der Waals surface area contributed by atoms with Gasteiger partial charge in [-0.2, -0.15) is 8.78 Å². The van der Waals surface area contributed by atoms with Crippen LogP contribution in [0.4, 0.5) is 14.5 Å². The fourth-order valence-corrected chi connectivity index (χ4v) is 2.30. The number of hydrogen-bond donors (Lipinski definition) is 2. The molecule has 1 amide bonds. The molecule has 1 aliphatic heterocycles. The van der Waals surface area contributed by atoms with E-state index in [-0.39, 0.29) is 28.9 Å². The van der Waals surface area contributed by atoms with E-state index in [0.717, 1.165) is 25.9 Å².